The van der Waals surface area contributed by atoms with Gasteiger partial charge in [0, 0.05) is 20.3 Å². The molecule has 5 aromatic carbocycles. The highest BCUT2D eigenvalue weighted by molar-refractivity contribution is 7.79. The SMILES string of the molecule is CC(C)(C)[P+](/N=N/O[B-](c1c(F)c(F)c(F)c(F)c1F)(c1c(F)c(F)c(F)c(F)c1F)c1c(F)c(F)c([B-](O/N=N/[P+](C(C)(C)C)(C(C)(C)C)C(C)(C)C)(c2c(F)c(F)c(F)c(F)c2F)c2c(F)c(F)c(F)c(F)c2F)c(F)c1F)(C(C)(C)C)C(C)(C)C. The fourth-order valence-electron chi connectivity index (χ4n) is 13.6. The minimum atomic E-state index is -7.17. The van der Waals surface area contributed by atoms with Gasteiger partial charge in [0.2, 0.25) is 0 Å². The number of hydrogen-bond donors (Lipinski definition) is 0. The van der Waals surface area contributed by atoms with E-state index in [0.717, 1.165) is 0 Å². The van der Waals surface area contributed by atoms with E-state index in [1.54, 1.807) is 0 Å². The molecule has 0 saturated heterocycles. The molecule has 0 spiro atoms. The Hall–Kier alpha value is -5.79. The third-order valence-electron chi connectivity index (χ3n) is 15.3. The number of nitrogens with zero attached hydrogens (tertiary/aromatic N) is 4. The molecule has 0 saturated carbocycles. The van der Waals surface area contributed by atoms with Crippen LogP contribution >= 0.6 is 14.8 Å². The predicted molar refractivity (Wildman–Crippen MR) is 285 cm³/mol. The van der Waals surface area contributed by atoms with Gasteiger partial charge in [-0.2, -0.15) is 0 Å². The molecule has 6 nitrogen and oxygen atoms in total. The summed E-state index contributed by atoms with van der Waals surface area (Å²) in [6, 6.07) is 0. The van der Waals surface area contributed by atoms with Gasteiger partial charge in [-0.05, 0) is 125 Å². The van der Waals surface area contributed by atoms with Crippen LogP contribution < -0.4 is 32.8 Å². The molecule has 0 aromatic heterocycles. The molecule has 88 heavy (non-hydrogen) atoms. The summed E-state index contributed by atoms with van der Waals surface area (Å²) in [4.78, 5) is 8.16. The van der Waals surface area contributed by atoms with Crippen molar-refractivity contribution in [3.8, 4) is 0 Å². The van der Waals surface area contributed by atoms with Gasteiger partial charge in [0.05, 0.1) is 30.9 Å². The summed E-state index contributed by atoms with van der Waals surface area (Å²) in [5, 5.41) is -1.91. The smallest absolute Gasteiger partial charge is 0.294 e. The number of halogens is 24. The monoisotopic (exact) mass is 1330 g/mol. The van der Waals surface area contributed by atoms with Gasteiger partial charge in [-0.1, -0.05) is 32.8 Å². The molecule has 5 rings (SSSR count). The van der Waals surface area contributed by atoms with Gasteiger partial charge < -0.3 is 9.51 Å². The number of rotatable bonds is 12. The van der Waals surface area contributed by atoms with Gasteiger partial charge >= 0.3 is 0 Å². The van der Waals surface area contributed by atoms with Crippen molar-refractivity contribution in [1.82, 2.24) is 0 Å². The Balaban J connectivity index is 2.40. The Labute approximate surface area is 489 Å². The van der Waals surface area contributed by atoms with Crippen LogP contribution in [0.5, 0.6) is 0 Å². The van der Waals surface area contributed by atoms with Gasteiger partial charge in [-0.3, -0.25) is 0 Å². The van der Waals surface area contributed by atoms with Crippen LogP contribution in [0.4, 0.5) is 105 Å². The Morgan fingerprint density at radius 1 is 0.205 bits per heavy atom. The summed E-state index contributed by atoms with van der Waals surface area (Å²) in [7, 11) is -7.76. The quantitative estimate of drug-likeness (QED) is 0.0238. The average molecular weight is 1330 g/mol. The van der Waals surface area contributed by atoms with Crippen molar-refractivity contribution >= 4 is 60.3 Å². The molecule has 0 fully saturated rings. The zero-order chi connectivity index (χ0) is 68.6. The first kappa shape index (κ1) is 73.0. The topological polar surface area (TPSA) is 67.9 Å². The molecule has 0 unspecified atom stereocenters. The molecule has 0 aliphatic rings. The van der Waals surface area contributed by atoms with E-state index in [1.807, 2.05) is 0 Å². The van der Waals surface area contributed by atoms with E-state index in [2.05, 4.69) is 20.3 Å². The van der Waals surface area contributed by atoms with E-state index in [4.69, 9.17) is 9.51 Å². The van der Waals surface area contributed by atoms with Crippen LogP contribution in [0.25, 0.3) is 0 Å². The highest BCUT2D eigenvalue weighted by Crippen LogP contribution is 2.85. The van der Waals surface area contributed by atoms with E-state index in [1.165, 1.54) is 125 Å². The first-order valence-corrected chi connectivity index (χ1v) is 29.2. The Kier molecular flexibility index (Phi) is 19.2. The third kappa shape index (κ3) is 10.4. The summed E-state index contributed by atoms with van der Waals surface area (Å²) in [6.07, 6.45) is -14.3. The number of benzene rings is 5. The molecule has 0 heterocycles. The van der Waals surface area contributed by atoms with E-state index in [-0.39, 0.29) is 0 Å². The largest absolute Gasteiger partial charge is 0.584 e. The highest BCUT2D eigenvalue weighted by Gasteiger charge is 2.69. The summed E-state index contributed by atoms with van der Waals surface area (Å²) in [5.74, 6) is -86.0. The average Bonchev–Trinajstić information content (AvgIpc) is 0.704. The second-order valence-corrected chi connectivity index (χ2v) is 37.4. The predicted octanol–water partition coefficient (Wildman–Crippen LogP) is 16.4. The van der Waals surface area contributed by atoms with Crippen LogP contribution in [-0.4, -0.2) is 43.6 Å². The van der Waals surface area contributed by atoms with E-state index < -0.39 is 231 Å². The Bertz CT molecular complexity index is 3160. The van der Waals surface area contributed by atoms with Crippen molar-refractivity contribution in [3.63, 3.8) is 0 Å². The molecule has 0 atom stereocenters. The summed E-state index contributed by atoms with van der Waals surface area (Å²) in [6.45, 7) is 25.1. The molecule has 0 N–H and O–H groups in total. The Morgan fingerprint density at radius 3 is 0.420 bits per heavy atom. The lowest BCUT2D eigenvalue weighted by Gasteiger charge is -2.49. The summed E-state index contributed by atoms with van der Waals surface area (Å²) in [5.41, 5.74) is -20.8. The second kappa shape index (κ2) is 23.2. The molecule has 0 aliphatic carbocycles. The molecule has 5 aromatic rings. The van der Waals surface area contributed by atoms with Gasteiger partial charge in [-0.15, -0.1) is 0 Å². The maximum absolute atomic E-state index is 18.5. The second-order valence-electron chi connectivity index (χ2n) is 26.4. The molecular weight excluding hydrogens is 1280 g/mol. The lowest BCUT2D eigenvalue weighted by molar-refractivity contribution is 0.306. The van der Waals surface area contributed by atoms with E-state index >= 15 is 105 Å². The van der Waals surface area contributed by atoms with Crippen LogP contribution in [0.2, 0.25) is 0 Å². The van der Waals surface area contributed by atoms with Crippen molar-refractivity contribution in [3.05, 3.63) is 140 Å². The number of hydrogen-bond acceptors (Lipinski definition) is 6. The minimum Gasteiger partial charge on any atom is -0.584 e. The third-order valence-corrected chi connectivity index (χ3v) is 27.7. The molecule has 0 aliphatic heterocycles. The standard InChI is InChI=1S/C54H54B2F24N4O2P2/c1-49(2,3)87(50(4,5)6,51(7,8)9)83-81-85-55(21-29(61)37(69)45(77)38(70)30(21)62,22-31(63)39(71)46(78)40(72)32(22)64)19-25(57)27(59)20(28(60)26(19)58)56(23-33(65)41(73)47(79)42(74)34(23)66,24-35(67)43(75)48(80)44(76)36(24)68)86-82-84-88(52(10,11)12,53(13,14)15)54(16,17)18/h1-18H3/b83-81+,84-82+. The van der Waals surface area contributed by atoms with Crippen LogP contribution in [0.3, 0.4) is 0 Å². The first-order valence-electron chi connectivity index (χ1n) is 25.7. The molecule has 0 amide bonds. The van der Waals surface area contributed by atoms with Crippen LogP contribution in [-0.2, 0) is 9.51 Å². The maximum atomic E-state index is 18.5. The van der Waals surface area contributed by atoms with Crippen molar-refractivity contribution in [1.29, 1.82) is 0 Å². The van der Waals surface area contributed by atoms with Gasteiger partial charge in [0.15, 0.2) is 84.6 Å². The van der Waals surface area contributed by atoms with Crippen molar-refractivity contribution in [2.45, 2.75) is 156 Å². The Morgan fingerprint density at radius 2 is 0.307 bits per heavy atom. The molecule has 0 bridgehead atoms. The van der Waals surface area contributed by atoms with Crippen LogP contribution in [0, 0.1) is 140 Å². The minimum absolute atomic E-state index is 1.39. The lowest BCUT2D eigenvalue weighted by Crippen LogP contribution is -2.77. The van der Waals surface area contributed by atoms with E-state index in [9.17, 15) is 0 Å². The molecular formula is C54H54B2F24N4O2P2. The van der Waals surface area contributed by atoms with Crippen molar-refractivity contribution < 1.29 is 115 Å². The molecule has 486 valence electrons. The fraction of sp³-hybridized carbons (Fsp3) is 0.444. The molecule has 34 heteroatoms. The zero-order valence-corrected chi connectivity index (χ0v) is 51.5. The summed E-state index contributed by atoms with van der Waals surface area (Å²) < 4.78 is 406. The normalized spacial score (nSPS) is 13.9. The van der Waals surface area contributed by atoms with Gasteiger partial charge in [-0.25, -0.2) is 105 Å². The molecule has 0 radical (unpaired) electrons. The van der Waals surface area contributed by atoms with Gasteiger partial charge in [0.25, 0.3) is 12.7 Å². The lowest BCUT2D eigenvalue weighted by atomic mass is 9.25. The fourth-order valence-corrected chi connectivity index (χ4v) is 27.6. The van der Waals surface area contributed by atoms with Crippen LogP contribution in [0.15, 0.2) is 20.3 Å². The van der Waals surface area contributed by atoms with Crippen molar-refractivity contribution in [2.24, 2.45) is 20.3 Å². The van der Waals surface area contributed by atoms with Crippen LogP contribution in [0.1, 0.15) is 125 Å². The maximum Gasteiger partial charge on any atom is 0.294 e. The first-order chi connectivity index (χ1) is 39.5. The van der Waals surface area contributed by atoms with Crippen molar-refractivity contribution in [2.75, 3.05) is 0 Å². The summed E-state index contributed by atoms with van der Waals surface area (Å²) >= 11 is 0. The highest BCUT2D eigenvalue weighted by atomic mass is 31.2. The van der Waals surface area contributed by atoms with Gasteiger partial charge in [0.1, 0.15) is 69.8 Å². The van der Waals surface area contributed by atoms with E-state index in [0.29, 0.717) is 0 Å². The zero-order valence-electron chi connectivity index (χ0n) is 49.7.